The third-order valence-corrected chi connectivity index (χ3v) is 22.9. The Labute approximate surface area is 244 Å². The van der Waals surface area contributed by atoms with Gasteiger partial charge in [-0.25, -0.2) is 0 Å². The summed E-state index contributed by atoms with van der Waals surface area (Å²) in [5.74, 6) is 0.167. The fourth-order valence-electron chi connectivity index (χ4n) is 7.24. The lowest BCUT2D eigenvalue weighted by Crippen LogP contribution is -2.48. The van der Waals surface area contributed by atoms with Crippen LogP contribution in [-0.4, -0.2) is 35.6 Å². The van der Waals surface area contributed by atoms with Crippen LogP contribution in [0.25, 0.3) is 0 Å². The molecule has 0 aromatic carbocycles. The summed E-state index contributed by atoms with van der Waals surface area (Å²) >= 11 is 3.14. The van der Waals surface area contributed by atoms with Crippen molar-refractivity contribution >= 4 is 45.1 Å². The summed E-state index contributed by atoms with van der Waals surface area (Å²) in [5, 5.41) is 4.12. The average Bonchev–Trinajstić information content (AvgIpc) is 3.47. The summed E-state index contributed by atoms with van der Waals surface area (Å²) in [6, 6.07) is 4.24. The standard InChI is InChI=1S/C31H54O3S2Si2/c1-21(2)37(22(3)4,23(5)6)33-17-13-27-15-19-35-30(27)29(32)31-28(16-20-36-31)14-18-34-38(24(7)8,25(9)10)26(11)12/h15-16,19-26H,13-14,17-18H2,1-12H3. The molecule has 0 atom stereocenters. The molecule has 38 heavy (non-hydrogen) atoms. The van der Waals surface area contributed by atoms with Crippen molar-refractivity contribution in [3.8, 4) is 0 Å². The molecule has 0 unspecified atom stereocenters. The van der Waals surface area contributed by atoms with Crippen LogP contribution in [0.1, 0.15) is 109 Å². The van der Waals surface area contributed by atoms with E-state index in [9.17, 15) is 4.79 Å². The predicted molar refractivity (Wildman–Crippen MR) is 173 cm³/mol. The van der Waals surface area contributed by atoms with Crippen LogP contribution >= 0.6 is 22.7 Å². The highest BCUT2D eigenvalue weighted by molar-refractivity contribution is 7.16. The fraction of sp³-hybridized carbons (Fsp3) is 0.710. The molecular formula is C31H54O3S2Si2. The zero-order chi connectivity index (χ0) is 28.8. The Morgan fingerprint density at radius 2 is 0.895 bits per heavy atom. The number of carbonyl (C=O) groups excluding carboxylic acids is 1. The van der Waals surface area contributed by atoms with Crippen LogP contribution in [0, 0.1) is 0 Å². The minimum Gasteiger partial charge on any atom is -0.416 e. The van der Waals surface area contributed by atoms with Gasteiger partial charge in [-0.05, 0) is 80.1 Å². The molecule has 0 aliphatic carbocycles. The molecule has 0 fully saturated rings. The van der Waals surface area contributed by atoms with Gasteiger partial charge in [0, 0.05) is 13.2 Å². The quantitative estimate of drug-likeness (QED) is 0.143. The van der Waals surface area contributed by atoms with E-state index in [2.05, 4.69) is 106 Å². The van der Waals surface area contributed by atoms with E-state index in [0.717, 1.165) is 33.7 Å². The third-order valence-electron chi connectivity index (χ3n) is 8.77. The molecule has 2 rings (SSSR count). The van der Waals surface area contributed by atoms with Crippen LogP contribution in [0.4, 0.5) is 0 Å². The maximum atomic E-state index is 13.7. The lowest BCUT2D eigenvalue weighted by atomic mass is 10.1. The maximum Gasteiger partial charge on any atom is 0.213 e. The van der Waals surface area contributed by atoms with Gasteiger partial charge in [0.25, 0.3) is 0 Å². The largest absolute Gasteiger partial charge is 0.416 e. The molecule has 7 heteroatoms. The van der Waals surface area contributed by atoms with E-state index in [1.807, 2.05) is 0 Å². The first-order chi connectivity index (χ1) is 17.7. The highest BCUT2D eigenvalue weighted by atomic mass is 32.1. The molecule has 0 aliphatic rings. The Kier molecular flexibility index (Phi) is 12.7. The summed E-state index contributed by atoms with van der Waals surface area (Å²) in [6.07, 6.45) is 1.58. The second kappa shape index (κ2) is 14.4. The Hall–Kier alpha value is -0.576. The number of carbonyl (C=O) groups is 1. The van der Waals surface area contributed by atoms with E-state index in [-0.39, 0.29) is 5.78 Å². The normalized spacial score (nSPS) is 13.3. The molecular weight excluding hydrogens is 541 g/mol. The molecule has 0 saturated carbocycles. The van der Waals surface area contributed by atoms with E-state index >= 15 is 0 Å². The predicted octanol–water partition coefficient (Wildman–Crippen LogP) is 10.5. The minimum atomic E-state index is -1.91. The van der Waals surface area contributed by atoms with Crippen LogP contribution in [-0.2, 0) is 21.7 Å². The first-order valence-electron chi connectivity index (χ1n) is 14.7. The van der Waals surface area contributed by atoms with Crippen molar-refractivity contribution in [1.82, 2.24) is 0 Å². The monoisotopic (exact) mass is 594 g/mol. The van der Waals surface area contributed by atoms with Gasteiger partial charge in [0.2, 0.25) is 5.78 Å². The van der Waals surface area contributed by atoms with Gasteiger partial charge < -0.3 is 8.85 Å². The fourth-order valence-corrected chi connectivity index (χ4v) is 20.0. The average molecular weight is 595 g/mol. The Bertz CT molecular complexity index is 883. The van der Waals surface area contributed by atoms with Crippen LogP contribution in [0.15, 0.2) is 22.9 Å². The van der Waals surface area contributed by atoms with Gasteiger partial charge in [-0.15, -0.1) is 22.7 Å². The van der Waals surface area contributed by atoms with Crippen molar-refractivity contribution in [1.29, 1.82) is 0 Å². The molecule has 216 valence electrons. The minimum absolute atomic E-state index is 0.167. The molecule has 0 N–H and O–H groups in total. The van der Waals surface area contributed by atoms with E-state index in [4.69, 9.17) is 8.85 Å². The second-order valence-corrected chi connectivity index (χ2v) is 25.5. The number of thiophene rings is 2. The molecule has 2 heterocycles. The lowest BCUT2D eigenvalue weighted by Gasteiger charge is -2.42. The van der Waals surface area contributed by atoms with Crippen molar-refractivity contribution in [2.75, 3.05) is 13.2 Å². The molecule has 3 nitrogen and oxygen atoms in total. The van der Waals surface area contributed by atoms with Gasteiger partial charge >= 0.3 is 0 Å². The zero-order valence-corrected chi connectivity index (χ0v) is 29.8. The lowest BCUT2D eigenvalue weighted by molar-refractivity contribution is 0.104. The third kappa shape index (κ3) is 7.00. The number of hydrogen-bond donors (Lipinski definition) is 0. The Balaban J connectivity index is 2.14. The zero-order valence-electron chi connectivity index (χ0n) is 26.1. The van der Waals surface area contributed by atoms with Crippen LogP contribution in [0.5, 0.6) is 0 Å². The summed E-state index contributed by atoms with van der Waals surface area (Å²) in [4.78, 5) is 15.5. The highest BCUT2D eigenvalue weighted by Gasteiger charge is 2.45. The number of ketones is 1. The molecule has 0 saturated heterocycles. The Morgan fingerprint density at radius 1 is 0.605 bits per heavy atom. The van der Waals surface area contributed by atoms with Crippen LogP contribution in [0.2, 0.25) is 33.2 Å². The van der Waals surface area contributed by atoms with Gasteiger partial charge in [0.05, 0.1) is 9.75 Å². The number of hydrogen-bond acceptors (Lipinski definition) is 5. The SMILES string of the molecule is CC(C)[Si](OCCc1ccsc1C(=O)c1sccc1CCO[Si](C(C)C)(C(C)C)C(C)C)(C(C)C)C(C)C. The van der Waals surface area contributed by atoms with Crippen molar-refractivity contribution in [2.45, 2.75) is 129 Å². The molecule has 0 aliphatic heterocycles. The molecule has 0 bridgehead atoms. The van der Waals surface area contributed by atoms with Gasteiger partial charge in [0.15, 0.2) is 16.6 Å². The first-order valence-corrected chi connectivity index (χ1v) is 20.7. The summed E-state index contributed by atoms with van der Waals surface area (Å²) in [6.45, 7) is 29.3. The first kappa shape index (κ1) is 33.6. The van der Waals surface area contributed by atoms with Gasteiger partial charge in [-0.2, -0.15) is 0 Å². The van der Waals surface area contributed by atoms with E-state index in [0.29, 0.717) is 46.5 Å². The molecule has 2 aromatic heterocycles. The van der Waals surface area contributed by atoms with Crippen molar-refractivity contribution in [2.24, 2.45) is 0 Å². The molecule has 0 amide bonds. The van der Waals surface area contributed by atoms with Crippen molar-refractivity contribution < 1.29 is 13.6 Å². The molecule has 0 radical (unpaired) electrons. The summed E-state index contributed by atoms with van der Waals surface area (Å²) in [5.41, 5.74) is 5.62. The van der Waals surface area contributed by atoms with Crippen molar-refractivity contribution in [3.63, 3.8) is 0 Å². The van der Waals surface area contributed by atoms with Gasteiger partial charge in [-0.3, -0.25) is 4.79 Å². The topological polar surface area (TPSA) is 35.5 Å². The highest BCUT2D eigenvalue weighted by Crippen LogP contribution is 2.43. The summed E-state index contributed by atoms with van der Waals surface area (Å²) in [7, 11) is -3.83. The number of rotatable bonds is 16. The Morgan fingerprint density at radius 3 is 1.16 bits per heavy atom. The van der Waals surface area contributed by atoms with E-state index in [1.165, 1.54) is 0 Å². The van der Waals surface area contributed by atoms with Crippen LogP contribution < -0.4 is 0 Å². The smallest absolute Gasteiger partial charge is 0.213 e. The molecule has 0 spiro atoms. The van der Waals surface area contributed by atoms with Gasteiger partial charge in [-0.1, -0.05) is 83.1 Å². The summed E-state index contributed by atoms with van der Waals surface area (Å²) < 4.78 is 13.6. The van der Waals surface area contributed by atoms with E-state index < -0.39 is 16.6 Å². The maximum absolute atomic E-state index is 13.7. The second-order valence-electron chi connectivity index (χ2n) is 12.7. The van der Waals surface area contributed by atoms with E-state index in [1.54, 1.807) is 22.7 Å². The van der Waals surface area contributed by atoms with Gasteiger partial charge in [0.1, 0.15) is 0 Å². The van der Waals surface area contributed by atoms with Crippen molar-refractivity contribution in [3.05, 3.63) is 43.8 Å². The van der Waals surface area contributed by atoms with Crippen LogP contribution in [0.3, 0.4) is 0 Å². The molecule has 2 aromatic rings.